The van der Waals surface area contributed by atoms with Crippen molar-refractivity contribution in [2.24, 2.45) is 5.92 Å². The van der Waals surface area contributed by atoms with Crippen molar-refractivity contribution >= 4 is 11.6 Å². The van der Waals surface area contributed by atoms with Gasteiger partial charge in [0.25, 0.3) is 0 Å². The van der Waals surface area contributed by atoms with Gasteiger partial charge in [0.1, 0.15) is 0 Å². The van der Waals surface area contributed by atoms with Crippen molar-refractivity contribution < 1.29 is 9.90 Å². The topological polar surface area (TPSA) is 61.4 Å². The Hall–Kier alpha value is -1.39. The third kappa shape index (κ3) is 4.13. The molecule has 1 aliphatic carbocycles. The zero-order valence-corrected chi connectivity index (χ0v) is 10.6. The second-order valence-electron chi connectivity index (χ2n) is 4.95. The molecule has 0 spiro atoms. The van der Waals surface area contributed by atoms with Crippen LogP contribution in [-0.2, 0) is 4.79 Å². The number of rotatable bonds is 6. The summed E-state index contributed by atoms with van der Waals surface area (Å²) in [7, 11) is 0. The Balaban J connectivity index is 1.68. The molecular weight excluding hydrogens is 228 g/mol. The molecule has 3 N–H and O–H groups in total. The molecule has 0 heterocycles. The zero-order valence-electron chi connectivity index (χ0n) is 10.6. The minimum absolute atomic E-state index is 0.0800. The minimum atomic E-state index is -0.309. The Labute approximate surface area is 107 Å². The maximum Gasteiger partial charge on any atom is 0.238 e. The Morgan fingerprint density at radius 2 is 2.28 bits per heavy atom. The van der Waals surface area contributed by atoms with Crippen LogP contribution in [0.4, 0.5) is 5.69 Å². The smallest absolute Gasteiger partial charge is 0.238 e. The molecule has 0 bridgehead atoms. The summed E-state index contributed by atoms with van der Waals surface area (Å²) < 4.78 is 0. The molecule has 18 heavy (non-hydrogen) atoms. The summed E-state index contributed by atoms with van der Waals surface area (Å²) in [5.74, 6) is 0.362. The third-order valence-corrected chi connectivity index (χ3v) is 3.11. The molecule has 0 radical (unpaired) electrons. The molecule has 0 saturated heterocycles. The van der Waals surface area contributed by atoms with E-state index < -0.39 is 0 Å². The maximum atomic E-state index is 11.6. The summed E-state index contributed by atoms with van der Waals surface area (Å²) in [6, 6.07) is 7.69. The molecule has 1 amide bonds. The van der Waals surface area contributed by atoms with Crippen molar-refractivity contribution in [1.29, 1.82) is 0 Å². The highest BCUT2D eigenvalue weighted by molar-refractivity contribution is 5.92. The third-order valence-electron chi connectivity index (χ3n) is 3.11. The molecule has 1 aromatic rings. The standard InChI is InChI=1S/C14H20N2O2/c1-10-3-2-4-12(7-10)16-14(18)9-15-8-13(17)11-5-6-11/h2-4,7,11,13,15,17H,5-6,8-9H2,1H3,(H,16,18). The molecule has 4 nitrogen and oxygen atoms in total. The zero-order chi connectivity index (χ0) is 13.0. The number of hydrogen-bond acceptors (Lipinski definition) is 3. The Morgan fingerprint density at radius 1 is 1.50 bits per heavy atom. The number of amides is 1. The molecular formula is C14H20N2O2. The van der Waals surface area contributed by atoms with Crippen LogP contribution in [0.1, 0.15) is 18.4 Å². The highest BCUT2D eigenvalue weighted by Crippen LogP contribution is 2.32. The highest BCUT2D eigenvalue weighted by atomic mass is 16.3. The molecule has 1 atom stereocenters. The molecule has 0 aromatic heterocycles. The molecule has 1 fully saturated rings. The SMILES string of the molecule is Cc1cccc(NC(=O)CNCC(O)C2CC2)c1. The fraction of sp³-hybridized carbons (Fsp3) is 0.500. The summed E-state index contributed by atoms with van der Waals surface area (Å²) in [5.41, 5.74) is 1.93. The first kappa shape index (κ1) is 13.1. The van der Waals surface area contributed by atoms with E-state index in [2.05, 4.69) is 10.6 Å². The average molecular weight is 248 g/mol. The van der Waals surface area contributed by atoms with Crippen molar-refractivity contribution in [3.8, 4) is 0 Å². The molecule has 1 aromatic carbocycles. The van der Waals surface area contributed by atoms with E-state index in [0.717, 1.165) is 24.1 Å². The Morgan fingerprint density at radius 3 is 2.94 bits per heavy atom. The lowest BCUT2D eigenvalue weighted by atomic mass is 10.2. The molecule has 4 heteroatoms. The summed E-state index contributed by atoms with van der Waals surface area (Å²) in [6.07, 6.45) is 1.91. The summed E-state index contributed by atoms with van der Waals surface area (Å²) in [6.45, 7) is 2.71. The first-order valence-electron chi connectivity index (χ1n) is 6.40. The van der Waals surface area contributed by atoms with E-state index in [-0.39, 0.29) is 18.6 Å². The van der Waals surface area contributed by atoms with E-state index in [4.69, 9.17) is 0 Å². The van der Waals surface area contributed by atoms with Crippen LogP contribution >= 0.6 is 0 Å². The van der Waals surface area contributed by atoms with E-state index in [1.807, 2.05) is 31.2 Å². The number of aliphatic hydroxyl groups excluding tert-OH is 1. The quantitative estimate of drug-likeness (QED) is 0.711. The normalized spacial score (nSPS) is 16.3. The van der Waals surface area contributed by atoms with Crippen molar-refractivity contribution in [2.75, 3.05) is 18.4 Å². The average Bonchev–Trinajstić information content (AvgIpc) is 3.12. The van der Waals surface area contributed by atoms with Gasteiger partial charge in [-0.15, -0.1) is 0 Å². The Kier molecular flexibility index (Phi) is 4.33. The summed E-state index contributed by atoms with van der Waals surface area (Å²) in [4.78, 5) is 11.6. The molecule has 1 unspecified atom stereocenters. The summed E-state index contributed by atoms with van der Waals surface area (Å²) >= 11 is 0. The van der Waals surface area contributed by atoms with Gasteiger partial charge < -0.3 is 15.7 Å². The lowest BCUT2D eigenvalue weighted by molar-refractivity contribution is -0.115. The van der Waals surface area contributed by atoms with Gasteiger partial charge in [0.05, 0.1) is 12.6 Å². The van der Waals surface area contributed by atoms with Crippen molar-refractivity contribution in [3.63, 3.8) is 0 Å². The number of carbonyl (C=O) groups is 1. The van der Waals surface area contributed by atoms with Crippen molar-refractivity contribution in [3.05, 3.63) is 29.8 Å². The second kappa shape index (κ2) is 5.98. The summed E-state index contributed by atoms with van der Waals surface area (Å²) in [5, 5.41) is 15.4. The van der Waals surface area contributed by atoms with Crippen LogP contribution in [0.15, 0.2) is 24.3 Å². The molecule has 2 rings (SSSR count). The number of carbonyl (C=O) groups excluding carboxylic acids is 1. The van der Waals surface area contributed by atoms with E-state index >= 15 is 0 Å². The lowest BCUT2D eigenvalue weighted by Gasteiger charge is -2.11. The number of benzene rings is 1. The van der Waals surface area contributed by atoms with Gasteiger partial charge in [-0.1, -0.05) is 12.1 Å². The van der Waals surface area contributed by atoms with Gasteiger partial charge in [0.2, 0.25) is 5.91 Å². The lowest BCUT2D eigenvalue weighted by Crippen LogP contribution is -2.34. The van der Waals surface area contributed by atoms with Gasteiger partial charge >= 0.3 is 0 Å². The van der Waals surface area contributed by atoms with Crippen LogP contribution < -0.4 is 10.6 Å². The van der Waals surface area contributed by atoms with E-state index in [1.165, 1.54) is 0 Å². The second-order valence-corrected chi connectivity index (χ2v) is 4.95. The highest BCUT2D eigenvalue weighted by Gasteiger charge is 2.29. The predicted octanol–water partition coefficient (Wildman–Crippen LogP) is 1.29. The van der Waals surface area contributed by atoms with Crippen molar-refractivity contribution in [2.45, 2.75) is 25.9 Å². The van der Waals surface area contributed by atoms with Gasteiger partial charge in [-0.05, 0) is 43.4 Å². The molecule has 1 aliphatic rings. The number of anilines is 1. The van der Waals surface area contributed by atoms with Crippen LogP contribution in [-0.4, -0.2) is 30.2 Å². The van der Waals surface area contributed by atoms with Crippen molar-refractivity contribution in [1.82, 2.24) is 5.32 Å². The van der Waals surface area contributed by atoms with E-state index in [0.29, 0.717) is 12.5 Å². The number of aliphatic hydroxyl groups is 1. The van der Waals surface area contributed by atoms with Gasteiger partial charge in [-0.25, -0.2) is 0 Å². The number of hydrogen-bond donors (Lipinski definition) is 3. The first-order chi connectivity index (χ1) is 8.65. The van der Waals surface area contributed by atoms with Crippen LogP contribution in [0.25, 0.3) is 0 Å². The van der Waals surface area contributed by atoms with Gasteiger partial charge in [0, 0.05) is 12.2 Å². The van der Waals surface area contributed by atoms with Gasteiger partial charge in [0.15, 0.2) is 0 Å². The van der Waals surface area contributed by atoms with Gasteiger partial charge in [-0.3, -0.25) is 4.79 Å². The van der Waals surface area contributed by atoms with Gasteiger partial charge in [-0.2, -0.15) is 0 Å². The van der Waals surface area contributed by atoms with Crippen LogP contribution in [0, 0.1) is 12.8 Å². The van der Waals surface area contributed by atoms with Crippen LogP contribution in [0.2, 0.25) is 0 Å². The van der Waals surface area contributed by atoms with E-state index in [9.17, 15) is 9.90 Å². The number of aryl methyl sites for hydroxylation is 1. The molecule has 98 valence electrons. The first-order valence-corrected chi connectivity index (χ1v) is 6.40. The molecule has 1 saturated carbocycles. The fourth-order valence-electron chi connectivity index (χ4n) is 1.91. The predicted molar refractivity (Wildman–Crippen MR) is 71.4 cm³/mol. The van der Waals surface area contributed by atoms with Crippen LogP contribution in [0.5, 0.6) is 0 Å². The largest absolute Gasteiger partial charge is 0.392 e. The monoisotopic (exact) mass is 248 g/mol. The minimum Gasteiger partial charge on any atom is -0.392 e. The Bertz CT molecular complexity index is 416. The molecule has 0 aliphatic heterocycles. The fourth-order valence-corrected chi connectivity index (χ4v) is 1.91. The van der Waals surface area contributed by atoms with E-state index in [1.54, 1.807) is 0 Å². The number of nitrogens with one attached hydrogen (secondary N) is 2. The van der Waals surface area contributed by atoms with Crippen LogP contribution in [0.3, 0.4) is 0 Å². The maximum absolute atomic E-state index is 11.6.